The van der Waals surface area contributed by atoms with Crippen molar-refractivity contribution in [1.82, 2.24) is 9.97 Å². The van der Waals surface area contributed by atoms with E-state index in [1.54, 1.807) is 0 Å². The van der Waals surface area contributed by atoms with Crippen molar-refractivity contribution in [3.8, 4) is 0 Å². The van der Waals surface area contributed by atoms with Gasteiger partial charge < -0.3 is 5.73 Å². The van der Waals surface area contributed by atoms with Crippen molar-refractivity contribution in [1.29, 1.82) is 0 Å². The summed E-state index contributed by atoms with van der Waals surface area (Å²) in [4.78, 5) is 9.19. The Morgan fingerprint density at radius 2 is 1.68 bits per heavy atom. The van der Waals surface area contributed by atoms with E-state index in [0.29, 0.717) is 5.92 Å². The minimum atomic E-state index is 0.232. The zero-order valence-corrected chi connectivity index (χ0v) is 12.1. The van der Waals surface area contributed by atoms with Gasteiger partial charge in [0, 0.05) is 24.4 Å². The largest absolute Gasteiger partial charge is 0.327 e. The van der Waals surface area contributed by atoms with Gasteiger partial charge in [0.25, 0.3) is 0 Å². The molecule has 106 valence electrons. The SMILES string of the molecule is CCC(N)Cc1cnc(C2CCCCCCC2)nc1. The van der Waals surface area contributed by atoms with Gasteiger partial charge in [0.1, 0.15) is 5.82 Å². The van der Waals surface area contributed by atoms with E-state index in [4.69, 9.17) is 5.73 Å². The molecule has 1 aliphatic rings. The van der Waals surface area contributed by atoms with Crippen LogP contribution in [0.1, 0.15) is 75.6 Å². The molecule has 1 atom stereocenters. The lowest BCUT2D eigenvalue weighted by Gasteiger charge is -2.18. The van der Waals surface area contributed by atoms with Crippen molar-refractivity contribution in [2.75, 3.05) is 0 Å². The molecule has 0 bridgehead atoms. The average molecular weight is 261 g/mol. The van der Waals surface area contributed by atoms with Crippen LogP contribution in [0.3, 0.4) is 0 Å². The fourth-order valence-electron chi connectivity index (χ4n) is 2.84. The number of rotatable bonds is 4. The van der Waals surface area contributed by atoms with Crippen molar-refractivity contribution < 1.29 is 0 Å². The van der Waals surface area contributed by atoms with E-state index in [9.17, 15) is 0 Å². The third kappa shape index (κ3) is 4.57. The molecule has 0 amide bonds. The first-order valence-corrected chi connectivity index (χ1v) is 7.86. The molecule has 1 aromatic rings. The van der Waals surface area contributed by atoms with Gasteiger partial charge in [0.2, 0.25) is 0 Å². The molecule has 0 radical (unpaired) electrons. The fraction of sp³-hybridized carbons (Fsp3) is 0.750. The van der Waals surface area contributed by atoms with Crippen LogP contribution >= 0.6 is 0 Å². The van der Waals surface area contributed by atoms with E-state index in [-0.39, 0.29) is 6.04 Å². The van der Waals surface area contributed by atoms with Gasteiger partial charge in [-0.05, 0) is 31.2 Å². The number of hydrogen-bond acceptors (Lipinski definition) is 3. The lowest BCUT2D eigenvalue weighted by atomic mass is 9.90. The van der Waals surface area contributed by atoms with Crippen molar-refractivity contribution in [3.63, 3.8) is 0 Å². The maximum atomic E-state index is 5.97. The van der Waals surface area contributed by atoms with Crippen LogP contribution in [-0.4, -0.2) is 16.0 Å². The maximum absolute atomic E-state index is 5.97. The van der Waals surface area contributed by atoms with Crippen LogP contribution in [0.2, 0.25) is 0 Å². The first kappa shape index (κ1) is 14.4. The number of hydrogen-bond donors (Lipinski definition) is 1. The molecule has 2 rings (SSSR count). The predicted octanol–water partition coefficient (Wildman–Crippen LogP) is 3.58. The molecule has 1 aromatic heterocycles. The molecule has 1 unspecified atom stereocenters. The van der Waals surface area contributed by atoms with E-state index in [2.05, 4.69) is 16.9 Å². The summed E-state index contributed by atoms with van der Waals surface area (Å²) in [6, 6.07) is 0.232. The number of nitrogens with zero attached hydrogens (tertiary/aromatic N) is 2. The first-order chi connectivity index (χ1) is 9.29. The monoisotopic (exact) mass is 261 g/mol. The molecule has 0 saturated heterocycles. The highest BCUT2D eigenvalue weighted by atomic mass is 14.9. The third-order valence-electron chi connectivity index (χ3n) is 4.22. The summed E-state index contributed by atoms with van der Waals surface area (Å²) < 4.78 is 0. The van der Waals surface area contributed by atoms with Crippen molar-refractivity contribution in [3.05, 3.63) is 23.8 Å². The quantitative estimate of drug-likeness (QED) is 0.901. The molecule has 1 aliphatic carbocycles. The second-order valence-electron chi connectivity index (χ2n) is 5.86. The van der Waals surface area contributed by atoms with E-state index < -0.39 is 0 Å². The maximum Gasteiger partial charge on any atom is 0.131 e. The van der Waals surface area contributed by atoms with Gasteiger partial charge in [-0.25, -0.2) is 9.97 Å². The molecule has 0 aliphatic heterocycles. The molecule has 3 heteroatoms. The highest BCUT2D eigenvalue weighted by molar-refractivity contribution is 5.09. The minimum Gasteiger partial charge on any atom is -0.327 e. The predicted molar refractivity (Wildman–Crippen MR) is 79.1 cm³/mol. The Hall–Kier alpha value is -0.960. The van der Waals surface area contributed by atoms with Crippen LogP contribution in [0.15, 0.2) is 12.4 Å². The second-order valence-corrected chi connectivity index (χ2v) is 5.86. The van der Waals surface area contributed by atoms with Gasteiger partial charge in [0.05, 0.1) is 0 Å². The van der Waals surface area contributed by atoms with Crippen LogP contribution in [0.5, 0.6) is 0 Å². The molecule has 1 heterocycles. The third-order valence-corrected chi connectivity index (χ3v) is 4.22. The summed E-state index contributed by atoms with van der Waals surface area (Å²) in [7, 11) is 0. The Labute approximate surface area is 117 Å². The molecular weight excluding hydrogens is 234 g/mol. The van der Waals surface area contributed by atoms with Gasteiger partial charge in [0.15, 0.2) is 0 Å². The highest BCUT2D eigenvalue weighted by Crippen LogP contribution is 2.28. The van der Waals surface area contributed by atoms with Crippen LogP contribution in [0, 0.1) is 0 Å². The average Bonchev–Trinajstić information content (AvgIpc) is 2.39. The van der Waals surface area contributed by atoms with E-state index in [1.807, 2.05) is 12.4 Å². The van der Waals surface area contributed by atoms with Crippen molar-refractivity contribution >= 4 is 0 Å². The van der Waals surface area contributed by atoms with Gasteiger partial charge in [-0.3, -0.25) is 0 Å². The minimum absolute atomic E-state index is 0.232. The highest BCUT2D eigenvalue weighted by Gasteiger charge is 2.16. The normalized spacial score (nSPS) is 19.7. The first-order valence-electron chi connectivity index (χ1n) is 7.86. The topological polar surface area (TPSA) is 51.8 Å². The van der Waals surface area contributed by atoms with Crippen LogP contribution in [0.4, 0.5) is 0 Å². The molecule has 0 aromatic carbocycles. The fourth-order valence-corrected chi connectivity index (χ4v) is 2.84. The Bertz CT molecular complexity index is 353. The molecule has 0 spiro atoms. The van der Waals surface area contributed by atoms with Gasteiger partial charge in [-0.1, -0.05) is 39.0 Å². The summed E-state index contributed by atoms with van der Waals surface area (Å²) in [5, 5.41) is 0. The summed E-state index contributed by atoms with van der Waals surface area (Å²) in [6.07, 6.45) is 15.2. The standard InChI is InChI=1S/C16H27N3/c1-2-15(17)10-13-11-18-16(19-12-13)14-8-6-4-3-5-7-9-14/h11-12,14-15H,2-10,17H2,1H3. The Morgan fingerprint density at radius 1 is 1.11 bits per heavy atom. The smallest absolute Gasteiger partial charge is 0.131 e. The van der Waals surface area contributed by atoms with E-state index in [1.165, 1.54) is 50.5 Å². The van der Waals surface area contributed by atoms with Gasteiger partial charge in [-0.2, -0.15) is 0 Å². The van der Waals surface area contributed by atoms with Crippen molar-refractivity contribution in [2.24, 2.45) is 5.73 Å². The molecule has 2 N–H and O–H groups in total. The summed E-state index contributed by atoms with van der Waals surface area (Å²) in [6.45, 7) is 2.12. The molecule has 3 nitrogen and oxygen atoms in total. The summed E-state index contributed by atoms with van der Waals surface area (Å²) in [5.41, 5.74) is 7.14. The van der Waals surface area contributed by atoms with Gasteiger partial charge >= 0.3 is 0 Å². The van der Waals surface area contributed by atoms with E-state index in [0.717, 1.165) is 18.7 Å². The van der Waals surface area contributed by atoms with Crippen LogP contribution in [-0.2, 0) is 6.42 Å². The van der Waals surface area contributed by atoms with E-state index >= 15 is 0 Å². The second kappa shape index (κ2) is 7.59. The molecule has 1 fully saturated rings. The summed E-state index contributed by atoms with van der Waals surface area (Å²) >= 11 is 0. The number of aromatic nitrogens is 2. The molecule has 19 heavy (non-hydrogen) atoms. The van der Waals surface area contributed by atoms with Crippen LogP contribution < -0.4 is 5.73 Å². The van der Waals surface area contributed by atoms with Crippen molar-refractivity contribution in [2.45, 2.75) is 76.7 Å². The summed E-state index contributed by atoms with van der Waals surface area (Å²) in [5.74, 6) is 1.63. The van der Waals surface area contributed by atoms with Gasteiger partial charge in [-0.15, -0.1) is 0 Å². The lowest BCUT2D eigenvalue weighted by molar-refractivity contribution is 0.442. The van der Waals surface area contributed by atoms with Crippen LogP contribution in [0.25, 0.3) is 0 Å². The Kier molecular flexibility index (Phi) is 5.77. The number of nitrogens with two attached hydrogens (primary N) is 1. The lowest BCUT2D eigenvalue weighted by Crippen LogP contribution is -2.21. The molecule has 1 saturated carbocycles. The molecular formula is C16H27N3. The Balaban J connectivity index is 1.96. The zero-order chi connectivity index (χ0) is 13.5. The zero-order valence-electron chi connectivity index (χ0n) is 12.1. The Morgan fingerprint density at radius 3 is 2.26 bits per heavy atom.